The highest BCUT2D eigenvalue weighted by Gasteiger charge is 2.20. The molecule has 0 spiro atoms. The van der Waals surface area contributed by atoms with Gasteiger partial charge in [-0.2, -0.15) is 0 Å². The first-order chi connectivity index (χ1) is 8.65. The Kier molecular flexibility index (Phi) is 4.78. The zero-order valence-electron chi connectivity index (χ0n) is 10.5. The van der Waals surface area contributed by atoms with Crippen molar-refractivity contribution in [2.24, 2.45) is 0 Å². The summed E-state index contributed by atoms with van der Waals surface area (Å²) in [6, 6.07) is 8.03. The van der Waals surface area contributed by atoms with Crippen LogP contribution in [-0.4, -0.2) is 18.6 Å². The maximum absolute atomic E-state index is 11.8. The molecule has 1 amide bonds. The smallest absolute Gasteiger partial charge is 0.223 e. The molecule has 2 rings (SSSR count). The minimum absolute atomic E-state index is 0.0343. The van der Waals surface area contributed by atoms with Crippen molar-refractivity contribution in [3.8, 4) is 0 Å². The number of carbonyl (C=O) groups excluding carboxylic acids is 1. The second kappa shape index (κ2) is 6.34. The Morgan fingerprint density at radius 2 is 2.22 bits per heavy atom. The van der Waals surface area contributed by atoms with Crippen LogP contribution in [0.2, 0.25) is 0 Å². The molecule has 1 heterocycles. The molecule has 1 N–H and O–H groups in total. The summed E-state index contributed by atoms with van der Waals surface area (Å²) in [5, 5.41) is 3.01. The minimum atomic E-state index is 0.0343. The molecule has 1 aliphatic heterocycles. The van der Waals surface area contributed by atoms with Gasteiger partial charge < -0.3 is 10.1 Å². The fourth-order valence-corrected chi connectivity index (χ4v) is 2.41. The van der Waals surface area contributed by atoms with Crippen LogP contribution < -0.4 is 5.32 Å². The van der Waals surface area contributed by atoms with E-state index in [1.165, 1.54) is 0 Å². The summed E-state index contributed by atoms with van der Waals surface area (Å²) >= 11 is 3.40. The van der Waals surface area contributed by atoms with E-state index >= 15 is 0 Å². The number of rotatable bonds is 4. The lowest BCUT2D eigenvalue weighted by atomic mass is 10.1. The molecule has 0 saturated carbocycles. The van der Waals surface area contributed by atoms with Crippen LogP contribution in [0.5, 0.6) is 0 Å². The molecule has 2 unspecified atom stereocenters. The topological polar surface area (TPSA) is 38.3 Å². The van der Waals surface area contributed by atoms with E-state index in [9.17, 15) is 4.79 Å². The first kappa shape index (κ1) is 13.6. The average molecular weight is 312 g/mol. The summed E-state index contributed by atoms with van der Waals surface area (Å²) in [5.41, 5.74) is 1.11. The summed E-state index contributed by atoms with van der Waals surface area (Å²) in [4.78, 5) is 11.8. The van der Waals surface area contributed by atoms with Gasteiger partial charge in [0.2, 0.25) is 5.91 Å². The monoisotopic (exact) mass is 311 g/mol. The van der Waals surface area contributed by atoms with Crippen molar-refractivity contribution in [3.05, 3.63) is 34.3 Å². The fourth-order valence-electron chi connectivity index (χ4n) is 2.15. The molecule has 0 radical (unpaired) electrons. The first-order valence-corrected chi connectivity index (χ1v) is 7.11. The van der Waals surface area contributed by atoms with Crippen LogP contribution in [0.4, 0.5) is 0 Å². The summed E-state index contributed by atoms with van der Waals surface area (Å²) in [5.74, 6) is 0.0670. The Morgan fingerprint density at radius 3 is 2.83 bits per heavy atom. The molecule has 1 saturated heterocycles. The van der Waals surface area contributed by atoms with Gasteiger partial charge >= 0.3 is 0 Å². The van der Waals surface area contributed by atoms with E-state index in [2.05, 4.69) is 21.2 Å². The molecule has 0 bridgehead atoms. The van der Waals surface area contributed by atoms with Gasteiger partial charge in [0, 0.05) is 11.1 Å². The van der Waals surface area contributed by atoms with Gasteiger partial charge in [-0.15, -0.1) is 0 Å². The van der Waals surface area contributed by atoms with Crippen LogP contribution in [-0.2, 0) is 9.53 Å². The van der Waals surface area contributed by atoms with E-state index in [1.807, 2.05) is 31.2 Å². The lowest BCUT2D eigenvalue weighted by Gasteiger charge is -2.16. The molecule has 1 fully saturated rings. The van der Waals surface area contributed by atoms with Crippen molar-refractivity contribution in [2.75, 3.05) is 6.61 Å². The molecular weight excluding hydrogens is 294 g/mol. The van der Waals surface area contributed by atoms with Gasteiger partial charge in [0.1, 0.15) is 0 Å². The zero-order chi connectivity index (χ0) is 13.0. The number of nitrogens with one attached hydrogen (secondary N) is 1. The Labute approximate surface area is 116 Å². The number of carbonyl (C=O) groups is 1. The molecule has 1 aromatic carbocycles. The highest BCUT2D eigenvalue weighted by Crippen LogP contribution is 2.18. The predicted molar refractivity (Wildman–Crippen MR) is 74.3 cm³/mol. The van der Waals surface area contributed by atoms with Crippen molar-refractivity contribution >= 4 is 21.8 Å². The third-order valence-electron chi connectivity index (χ3n) is 3.18. The molecule has 0 aromatic heterocycles. The normalized spacial score (nSPS) is 20.7. The van der Waals surface area contributed by atoms with Crippen LogP contribution in [0, 0.1) is 0 Å². The van der Waals surface area contributed by atoms with Gasteiger partial charge in [0.25, 0.3) is 0 Å². The van der Waals surface area contributed by atoms with Crippen LogP contribution in [0.3, 0.4) is 0 Å². The Morgan fingerprint density at radius 1 is 1.50 bits per heavy atom. The van der Waals surface area contributed by atoms with Gasteiger partial charge in [0.05, 0.1) is 18.6 Å². The van der Waals surface area contributed by atoms with E-state index in [-0.39, 0.29) is 18.1 Å². The van der Waals surface area contributed by atoms with Crippen molar-refractivity contribution < 1.29 is 9.53 Å². The summed E-state index contributed by atoms with van der Waals surface area (Å²) in [6.07, 6.45) is 2.66. The number of hydrogen-bond donors (Lipinski definition) is 1. The standard InChI is InChI=1S/C14H18BrNO2/c1-10(11-4-6-12(15)7-5-11)16-14(17)9-13-3-2-8-18-13/h4-7,10,13H,2-3,8-9H2,1H3,(H,16,17). The number of halogens is 1. The summed E-state index contributed by atoms with van der Waals surface area (Å²) < 4.78 is 6.51. The van der Waals surface area contributed by atoms with Crippen molar-refractivity contribution in [3.63, 3.8) is 0 Å². The molecule has 3 nitrogen and oxygen atoms in total. The minimum Gasteiger partial charge on any atom is -0.378 e. The summed E-state index contributed by atoms with van der Waals surface area (Å²) in [6.45, 7) is 2.79. The van der Waals surface area contributed by atoms with Crippen molar-refractivity contribution in [1.29, 1.82) is 0 Å². The SMILES string of the molecule is CC(NC(=O)CC1CCCO1)c1ccc(Br)cc1. The second-order valence-corrected chi connectivity index (χ2v) is 5.60. The van der Waals surface area contributed by atoms with Gasteiger partial charge in [-0.3, -0.25) is 4.79 Å². The van der Waals surface area contributed by atoms with Gasteiger partial charge in [-0.25, -0.2) is 0 Å². The largest absolute Gasteiger partial charge is 0.378 e. The molecule has 0 aliphatic carbocycles. The lowest BCUT2D eigenvalue weighted by Crippen LogP contribution is -2.29. The predicted octanol–water partition coefficient (Wildman–Crippen LogP) is 3.20. The summed E-state index contributed by atoms with van der Waals surface area (Å²) in [7, 11) is 0. The molecule has 18 heavy (non-hydrogen) atoms. The first-order valence-electron chi connectivity index (χ1n) is 6.31. The quantitative estimate of drug-likeness (QED) is 0.927. The Bertz CT molecular complexity index is 399. The lowest BCUT2D eigenvalue weighted by molar-refractivity contribution is -0.123. The number of amides is 1. The highest BCUT2D eigenvalue weighted by atomic mass is 79.9. The third kappa shape index (κ3) is 3.82. The van der Waals surface area contributed by atoms with E-state index in [1.54, 1.807) is 0 Å². The number of benzene rings is 1. The second-order valence-electron chi connectivity index (χ2n) is 4.68. The van der Waals surface area contributed by atoms with E-state index in [0.29, 0.717) is 6.42 Å². The molecule has 1 aromatic rings. The van der Waals surface area contributed by atoms with Gasteiger partial charge in [-0.1, -0.05) is 28.1 Å². The van der Waals surface area contributed by atoms with Gasteiger partial charge in [0.15, 0.2) is 0 Å². The Balaban J connectivity index is 1.84. The van der Waals surface area contributed by atoms with Crippen LogP contribution >= 0.6 is 15.9 Å². The zero-order valence-corrected chi connectivity index (χ0v) is 12.1. The number of hydrogen-bond acceptors (Lipinski definition) is 2. The maximum Gasteiger partial charge on any atom is 0.223 e. The van der Waals surface area contributed by atoms with Gasteiger partial charge in [-0.05, 0) is 37.5 Å². The Hall–Kier alpha value is -0.870. The van der Waals surface area contributed by atoms with E-state index < -0.39 is 0 Å². The molecule has 4 heteroatoms. The average Bonchev–Trinajstić information content (AvgIpc) is 2.82. The van der Waals surface area contributed by atoms with E-state index in [4.69, 9.17) is 4.74 Å². The number of ether oxygens (including phenoxy) is 1. The van der Waals surface area contributed by atoms with Crippen LogP contribution in [0.25, 0.3) is 0 Å². The van der Waals surface area contributed by atoms with Crippen LogP contribution in [0.1, 0.15) is 37.8 Å². The molecule has 2 atom stereocenters. The van der Waals surface area contributed by atoms with Crippen LogP contribution in [0.15, 0.2) is 28.7 Å². The highest BCUT2D eigenvalue weighted by molar-refractivity contribution is 9.10. The fraction of sp³-hybridized carbons (Fsp3) is 0.500. The third-order valence-corrected chi connectivity index (χ3v) is 3.71. The van der Waals surface area contributed by atoms with E-state index in [0.717, 1.165) is 29.5 Å². The van der Waals surface area contributed by atoms with Crippen molar-refractivity contribution in [1.82, 2.24) is 5.32 Å². The maximum atomic E-state index is 11.8. The molecule has 98 valence electrons. The molecule has 1 aliphatic rings. The molecular formula is C14H18BrNO2. The van der Waals surface area contributed by atoms with Crippen molar-refractivity contribution in [2.45, 2.75) is 38.3 Å².